The van der Waals surface area contributed by atoms with E-state index in [1.54, 1.807) is 12.1 Å². The second kappa shape index (κ2) is 9.01. The topological polar surface area (TPSA) is 87.3 Å². The molecule has 3 N–H and O–H groups in total. The summed E-state index contributed by atoms with van der Waals surface area (Å²) < 4.78 is 0. The van der Waals surface area contributed by atoms with Crippen molar-refractivity contribution >= 4 is 29.1 Å². The lowest BCUT2D eigenvalue weighted by molar-refractivity contribution is -0.121. The van der Waals surface area contributed by atoms with Crippen molar-refractivity contribution in [1.82, 2.24) is 16.2 Å². The van der Waals surface area contributed by atoms with Crippen LogP contribution in [0.25, 0.3) is 0 Å². The second-order valence-corrected chi connectivity index (χ2v) is 8.37. The minimum atomic E-state index is -0.353. The normalized spacial score (nSPS) is 15.4. The van der Waals surface area contributed by atoms with Crippen molar-refractivity contribution in [3.8, 4) is 0 Å². The lowest BCUT2D eigenvalue weighted by Crippen LogP contribution is -2.42. The lowest BCUT2D eigenvalue weighted by Gasteiger charge is -2.16. The van der Waals surface area contributed by atoms with Crippen LogP contribution in [-0.4, -0.2) is 24.3 Å². The summed E-state index contributed by atoms with van der Waals surface area (Å²) in [5, 5.41) is 2.72. The summed E-state index contributed by atoms with van der Waals surface area (Å²) in [6, 6.07) is 9.20. The predicted molar refractivity (Wildman–Crippen MR) is 109 cm³/mol. The van der Waals surface area contributed by atoms with Gasteiger partial charge in [-0.25, -0.2) is 0 Å². The van der Waals surface area contributed by atoms with E-state index in [1.165, 1.54) is 21.8 Å². The average molecular weight is 400 g/mol. The molecule has 0 saturated carbocycles. The van der Waals surface area contributed by atoms with E-state index < -0.39 is 0 Å². The number of rotatable bonds is 5. The molecule has 148 valence electrons. The zero-order chi connectivity index (χ0) is 20.1. The molecule has 1 aliphatic rings. The molecule has 0 unspecified atom stereocenters. The Morgan fingerprint density at radius 2 is 1.93 bits per heavy atom. The molecule has 1 atom stereocenters. The van der Waals surface area contributed by atoms with Crippen LogP contribution < -0.4 is 16.2 Å². The first-order valence-corrected chi connectivity index (χ1v) is 10.3. The molecule has 0 aliphatic heterocycles. The molecule has 3 amide bonds. The molecule has 0 saturated heterocycles. The largest absolute Gasteiger partial charge is 0.352 e. The van der Waals surface area contributed by atoms with Gasteiger partial charge in [0.15, 0.2) is 0 Å². The van der Waals surface area contributed by atoms with Crippen LogP contribution in [0, 0.1) is 12.8 Å². The van der Waals surface area contributed by atoms with Gasteiger partial charge < -0.3 is 5.32 Å². The molecular weight excluding hydrogens is 374 g/mol. The van der Waals surface area contributed by atoms with Crippen LogP contribution >= 0.6 is 11.3 Å². The Bertz CT molecular complexity index is 891. The second-order valence-electron chi connectivity index (χ2n) is 7.23. The maximum absolute atomic E-state index is 12.3. The number of fused-ring (bicyclic) bond motifs is 1. The standard InChI is InChI=1S/C21H25N3O3S/c1-13-7-8-17-15(11-13)12-18(28-17)21(27)24-23-19(25)9-10-22-20(26)16-6-4-3-5-14(16)2/h3-6,12-13H,7-11H2,1-2H3,(H,22,26)(H,23,25)(H,24,27)/t13-/m1/s1. The van der Waals surface area contributed by atoms with Crippen molar-refractivity contribution in [3.05, 3.63) is 56.8 Å². The highest BCUT2D eigenvalue weighted by Crippen LogP contribution is 2.32. The Morgan fingerprint density at radius 3 is 2.71 bits per heavy atom. The van der Waals surface area contributed by atoms with Crippen LogP contribution in [0.5, 0.6) is 0 Å². The highest BCUT2D eigenvalue weighted by atomic mass is 32.1. The van der Waals surface area contributed by atoms with Crippen LogP contribution in [0.1, 0.15) is 55.8 Å². The molecule has 1 aliphatic carbocycles. The van der Waals surface area contributed by atoms with Crippen LogP contribution in [0.15, 0.2) is 30.3 Å². The van der Waals surface area contributed by atoms with Crippen LogP contribution in [0.4, 0.5) is 0 Å². The number of thiophene rings is 1. The third-order valence-electron chi connectivity index (χ3n) is 4.90. The van der Waals surface area contributed by atoms with E-state index >= 15 is 0 Å². The van der Waals surface area contributed by atoms with Gasteiger partial charge in [0.1, 0.15) is 0 Å². The van der Waals surface area contributed by atoms with Gasteiger partial charge in [-0.15, -0.1) is 11.3 Å². The Morgan fingerprint density at radius 1 is 1.14 bits per heavy atom. The maximum Gasteiger partial charge on any atom is 0.279 e. The van der Waals surface area contributed by atoms with Gasteiger partial charge in [-0.3, -0.25) is 25.2 Å². The molecule has 3 rings (SSSR count). The van der Waals surface area contributed by atoms with Crippen LogP contribution in [0.3, 0.4) is 0 Å². The van der Waals surface area contributed by atoms with Gasteiger partial charge in [-0.2, -0.15) is 0 Å². The fourth-order valence-electron chi connectivity index (χ4n) is 3.28. The number of carbonyl (C=O) groups is 3. The van der Waals surface area contributed by atoms with E-state index in [4.69, 9.17) is 0 Å². The fourth-order valence-corrected chi connectivity index (χ4v) is 4.38. The number of amides is 3. The molecule has 0 bridgehead atoms. The van der Waals surface area contributed by atoms with E-state index in [1.807, 2.05) is 25.1 Å². The van der Waals surface area contributed by atoms with Crippen LogP contribution in [0.2, 0.25) is 0 Å². The van der Waals surface area contributed by atoms with Crippen molar-refractivity contribution in [2.45, 2.75) is 39.5 Å². The van der Waals surface area contributed by atoms with Crippen molar-refractivity contribution in [3.63, 3.8) is 0 Å². The zero-order valence-corrected chi connectivity index (χ0v) is 16.9. The van der Waals surface area contributed by atoms with Crippen molar-refractivity contribution in [1.29, 1.82) is 0 Å². The molecule has 0 fully saturated rings. The predicted octanol–water partition coefficient (Wildman–Crippen LogP) is 2.76. The molecule has 28 heavy (non-hydrogen) atoms. The van der Waals surface area contributed by atoms with Crippen molar-refractivity contribution in [2.75, 3.05) is 6.54 Å². The molecule has 1 aromatic heterocycles. The number of hydrogen-bond acceptors (Lipinski definition) is 4. The van der Waals surface area contributed by atoms with E-state index in [2.05, 4.69) is 23.1 Å². The summed E-state index contributed by atoms with van der Waals surface area (Å²) in [7, 11) is 0. The molecule has 2 aromatic rings. The monoisotopic (exact) mass is 399 g/mol. The zero-order valence-electron chi connectivity index (χ0n) is 16.1. The Balaban J connectivity index is 1.41. The molecule has 0 radical (unpaired) electrons. The number of aryl methyl sites for hydroxylation is 2. The van der Waals surface area contributed by atoms with Gasteiger partial charge in [0, 0.05) is 23.4 Å². The van der Waals surface area contributed by atoms with E-state index in [-0.39, 0.29) is 30.7 Å². The third-order valence-corrected chi connectivity index (χ3v) is 6.13. The number of nitrogens with one attached hydrogen (secondary N) is 3. The minimum Gasteiger partial charge on any atom is -0.352 e. The maximum atomic E-state index is 12.3. The first-order valence-electron chi connectivity index (χ1n) is 9.48. The van der Waals surface area contributed by atoms with Crippen molar-refractivity contribution in [2.24, 2.45) is 5.92 Å². The summed E-state index contributed by atoms with van der Waals surface area (Å²) in [4.78, 5) is 38.2. The highest BCUT2D eigenvalue weighted by Gasteiger charge is 2.20. The van der Waals surface area contributed by atoms with Gasteiger partial charge in [-0.1, -0.05) is 25.1 Å². The van der Waals surface area contributed by atoms with E-state index in [0.717, 1.165) is 24.8 Å². The SMILES string of the molecule is Cc1ccccc1C(=O)NCCC(=O)NNC(=O)c1cc2c(s1)CC[C@@H](C)C2. The average Bonchev–Trinajstić information content (AvgIpc) is 3.09. The quantitative estimate of drug-likeness (QED) is 0.676. The summed E-state index contributed by atoms with van der Waals surface area (Å²) >= 11 is 1.50. The summed E-state index contributed by atoms with van der Waals surface area (Å²) in [5.41, 5.74) is 7.59. The van der Waals surface area contributed by atoms with Gasteiger partial charge in [0.05, 0.1) is 4.88 Å². The molecule has 6 nitrogen and oxygen atoms in total. The summed E-state index contributed by atoms with van der Waals surface area (Å²) in [5.74, 6) is -0.223. The lowest BCUT2D eigenvalue weighted by atomic mass is 9.90. The summed E-state index contributed by atoms with van der Waals surface area (Å²) in [6.07, 6.45) is 3.25. The summed E-state index contributed by atoms with van der Waals surface area (Å²) in [6.45, 7) is 4.28. The number of carbonyl (C=O) groups excluding carboxylic acids is 3. The fraction of sp³-hybridized carbons (Fsp3) is 0.381. The van der Waals surface area contributed by atoms with Gasteiger partial charge >= 0.3 is 0 Å². The number of hydrogen-bond donors (Lipinski definition) is 3. The molecule has 1 heterocycles. The highest BCUT2D eigenvalue weighted by molar-refractivity contribution is 7.14. The molecular formula is C21H25N3O3S. The number of benzene rings is 1. The van der Waals surface area contributed by atoms with E-state index in [9.17, 15) is 14.4 Å². The van der Waals surface area contributed by atoms with E-state index in [0.29, 0.717) is 16.4 Å². The Kier molecular flexibility index (Phi) is 6.46. The van der Waals surface area contributed by atoms with Gasteiger partial charge in [-0.05, 0) is 55.4 Å². The van der Waals surface area contributed by atoms with Gasteiger partial charge in [0.2, 0.25) is 5.91 Å². The number of hydrazine groups is 1. The Labute approximate surface area is 168 Å². The smallest absolute Gasteiger partial charge is 0.279 e. The van der Waals surface area contributed by atoms with Gasteiger partial charge in [0.25, 0.3) is 11.8 Å². The first-order chi connectivity index (χ1) is 13.4. The van der Waals surface area contributed by atoms with Crippen molar-refractivity contribution < 1.29 is 14.4 Å². The molecule has 0 spiro atoms. The Hall–Kier alpha value is -2.67. The third kappa shape index (κ3) is 4.98. The minimum absolute atomic E-state index is 0.0797. The van der Waals surface area contributed by atoms with Crippen LogP contribution in [-0.2, 0) is 17.6 Å². The first kappa shape index (κ1) is 20.1. The molecule has 7 heteroatoms. The molecule has 1 aromatic carbocycles.